The van der Waals surface area contributed by atoms with E-state index < -0.39 is 11.9 Å². The topological polar surface area (TPSA) is 85.1 Å². The molecule has 2 rings (SSSR count). The zero-order valence-electron chi connectivity index (χ0n) is 12.2. The first kappa shape index (κ1) is 15.7. The third-order valence-electron chi connectivity index (χ3n) is 3.37. The summed E-state index contributed by atoms with van der Waals surface area (Å²) in [6, 6.07) is 12.6. The van der Waals surface area contributed by atoms with Gasteiger partial charge in [-0.25, -0.2) is 0 Å². The molecule has 1 aromatic heterocycles. The van der Waals surface area contributed by atoms with Crippen LogP contribution in [0.25, 0.3) is 0 Å². The number of aryl methyl sites for hydroxylation is 1. The van der Waals surface area contributed by atoms with E-state index >= 15 is 0 Å². The van der Waals surface area contributed by atoms with E-state index in [-0.39, 0.29) is 5.91 Å². The van der Waals surface area contributed by atoms with Crippen molar-refractivity contribution in [2.75, 3.05) is 0 Å². The van der Waals surface area contributed by atoms with Crippen molar-refractivity contribution in [3.05, 3.63) is 66.0 Å². The van der Waals surface area contributed by atoms with Crippen LogP contribution in [0.15, 0.2) is 54.9 Å². The molecular formula is C17H19N3O2. The number of hydrogen-bond donors (Lipinski definition) is 2. The highest BCUT2D eigenvalue weighted by Gasteiger charge is 2.18. The lowest BCUT2D eigenvalue weighted by molar-refractivity contribution is -0.120. The lowest BCUT2D eigenvalue weighted by Gasteiger charge is -2.15. The lowest BCUT2D eigenvalue weighted by atomic mass is 10.0. The summed E-state index contributed by atoms with van der Waals surface area (Å²) in [5.41, 5.74) is 6.99. The lowest BCUT2D eigenvalue weighted by Crippen LogP contribution is -2.44. The van der Waals surface area contributed by atoms with Gasteiger partial charge in [-0.3, -0.25) is 14.6 Å². The fraction of sp³-hybridized carbons (Fsp3) is 0.235. The summed E-state index contributed by atoms with van der Waals surface area (Å²) in [5, 5.41) is 2.67. The zero-order chi connectivity index (χ0) is 15.8. The van der Waals surface area contributed by atoms with Crippen molar-refractivity contribution in [3.63, 3.8) is 0 Å². The molecule has 0 spiro atoms. The van der Waals surface area contributed by atoms with E-state index in [4.69, 9.17) is 5.73 Å². The van der Waals surface area contributed by atoms with Crippen molar-refractivity contribution in [3.8, 4) is 0 Å². The summed E-state index contributed by atoms with van der Waals surface area (Å²) in [5.74, 6) is -0.859. The number of amides is 2. The SMILES string of the molecule is NC(=O)[C@@H](CCCc1ccccc1)NC(=O)c1cccnc1. The molecule has 5 nitrogen and oxygen atoms in total. The van der Waals surface area contributed by atoms with Gasteiger partial charge in [-0.2, -0.15) is 0 Å². The molecule has 2 amide bonds. The van der Waals surface area contributed by atoms with Crippen LogP contribution in [-0.2, 0) is 11.2 Å². The van der Waals surface area contributed by atoms with Crippen LogP contribution >= 0.6 is 0 Å². The van der Waals surface area contributed by atoms with E-state index in [1.54, 1.807) is 18.3 Å². The van der Waals surface area contributed by atoms with Crippen molar-refractivity contribution in [2.45, 2.75) is 25.3 Å². The minimum Gasteiger partial charge on any atom is -0.368 e. The van der Waals surface area contributed by atoms with Gasteiger partial charge in [0.2, 0.25) is 5.91 Å². The van der Waals surface area contributed by atoms with E-state index in [9.17, 15) is 9.59 Å². The Morgan fingerprint density at radius 1 is 1.14 bits per heavy atom. The molecule has 0 fully saturated rings. The number of primary amides is 1. The minimum atomic E-state index is -0.670. The molecule has 0 aliphatic carbocycles. The summed E-state index contributed by atoms with van der Waals surface area (Å²) >= 11 is 0. The van der Waals surface area contributed by atoms with Crippen molar-refractivity contribution < 1.29 is 9.59 Å². The molecule has 1 aromatic carbocycles. The Kier molecular flexibility index (Phi) is 5.65. The van der Waals surface area contributed by atoms with Crippen molar-refractivity contribution in [1.29, 1.82) is 0 Å². The number of nitrogens with zero attached hydrogens (tertiary/aromatic N) is 1. The normalized spacial score (nSPS) is 11.6. The molecule has 0 radical (unpaired) electrons. The number of aromatic nitrogens is 1. The van der Waals surface area contributed by atoms with Gasteiger partial charge >= 0.3 is 0 Å². The highest BCUT2D eigenvalue weighted by molar-refractivity contribution is 5.96. The van der Waals surface area contributed by atoms with Gasteiger partial charge in [-0.1, -0.05) is 30.3 Å². The Bertz CT molecular complexity index is 614. The number of nitrogens with two attached hydrogens (primary N) is 1. The van der Waals surface area contributed by atoms with E-state index in [1.165, 1.54) is 11.8 Å². The quantitative estimate of drug-likeness (QED) is 0.815. The molecule has 0 unspecified atom stereocenters. The van der Waals surface area contributed by atoms with Crippen LogP contribution < -0.4 is 11.1 Å². The van der Waals surface area contributed by atoms with Crippen LogP contribution in [0.5, 0.6) is 0 Å². The van der Waals surface area contributed by atoms with Crippen LogP contribution in [0.4, 0.5) is 0 Å². The minimum absolute atomic E-state index is 0.336. The molecular weight excluding hydrogens is 278 g/mol. The smallest absolute Gasteiger partial charge is 0.253 e. The van der Waals surface area contributed by atoms with E-state index in [2.05, 4.69) is 10.3 Å². The van der Waals surface area contributed by atoms with E-state index in [1.807, 2.05) is 30.3 Å². The highest BCUT2D eigenvalue weighted by atomic mass is 16.2. The molecule has 1 atom stereocenters. The maximum atomic E-state index is 12.0. The van der Waals surface area contributed by atoms with Gasteiger partial charge in [-0.15, -0.1) is 0 Å². The van der Waals surface area contributed by atoms with Crippen molar-refractivity contribution >= 4 is 11.8 Å². The third-order valence-corrected chi connectivity index (χ3v) is 3.37. The maximum Gasteiger partial charge on any atom is 0.253 e. The van der Waals surface area contributed by atoms with Gasteiger partial charge in [-0.05, 0) is 37.0 Å². The molecule has 0 saturated carbocycles. The molecule has 3 N–H and O–H groups in total. The highest BCUT2D eigenvalue weighted by Crippen LogP contribution is 2.07. The summed E-state index contributed by atoms with van der Waals surface area (Å²) in [6.07, 6.45) is 5.16. The van der Waals surface area contributed by atoms with Crippen LogP contribution in [0.3, 0.4) is 0 Å². The predicted molar refractivity (Wildman–Crippen MR) is 84.1 cm³/mol. The van der Waals surface area contributed by atoms with Gasteiger partial charge in [0.25, 0.3) is 5.91 Å². The molecule has 22 heavy (non-hydrogen) atoms. The van der Waals surface area contributed by atoms with Crippen LogP contribution in [0.2, 0.25) is 0 Å². The number of carbonyl (C=O) groups is 2. The van der Waals surface area contributed by atoms with Crippen LogP contribution in [0.1, 0.15) is 28.8 Å². The largest absolute Gasteiger partial charge is 0.368 e. The third kappa shape index (κ3) is 4.70. The predicted octanol–water partition coefficient (Wildman–Crippen LogP) is 1.69. The molecule has 0 aliphatic rings. The van der Waals surface area contributed by atoms with Gasteiger partial charge in [0.15, 0.2) is 0 Å². The van der Waals surface area contributed by atoms with E-state index in [0.717, 1.165) is 12.8 Å². The zero-order valence-corrected chi connectivity index (χ0v) is 12.2. The molecule has 2 aromatic rings. The van der Waals surface area contributed by atoms with Crippen molar-refractivity contribution in [1.82, 2.24) is 10.3 Å². The second-order valence-corrected chi connectivity index (χ2v) is 5.05. The monoisotopic (exact) mass is 297 g/mol. The molecule has 1 heterocycles. The summed E-state index contributed by atoms with van der Waals surface area (Å²) in [7, 11) is 0. The van der Waals surface area contributed by atoms with Gasteiger partial charge in [0, 0.05) is 12.4 Å². The van der Waals surface area contributed by atoms with Crippen LogP contribution in [0, 0.1) is 0 Å². The number of hydrogen-bond acceptors (Lipinski definition) is 3. The fourth-order valence-corrected chi connectivity index (χ4v) is 2.18. The van der Waals surface area contributed by atoms with E-state index in [0.29, 0.717) is 12.0 Å². The second-order valence-electron chi connectivity index (χ2n) is 5.05. The number of nitrogens with one attached hydrogen (secondary N) is 1. The molecule has 0 aliphatic heterocycles. The Morgan fingerprint density at radius 2 is 1.91 bits per heavy atom. The molecule has 114 valence electrons. The second kappa shape index (κ2) is 7.93. The maximum absolute atomic E-state index is 12.0. The van der Waals surface area contributed by atoms with Crippen molar-refractivity contribution in [2.24, 2.45) is 5.73 Å². The standard InChI is InChI=1S/C17H19N3O2/c18-16(21)15(10-4-8-13-6-2-1-3-7-13)20-17(22)14-9-5-11-19-12-14/h1-3,5-7,9,11-12,15H,4,8,10H2,(H2,18,21)(H,20,22)/t15-/m1/s1. The Morgan fingerprint density at radius 3 is 2.55 bits per heavy atom. The summed E-state index contributed by atoms with van der Waals surface area (Å²) in [6.45, 7) is 0. The number of rotatable bonds is 7. The summed E-state index contributed by atoms with van der Waals surface area (Å²) in [4.78, 5) is 27.4. The van der Waals surface area contributed by atoms with Gasteiger partial charge in [0.1, 0.15) is 6.04 Å². The number of benzene rings is 1. The molecule has 5 heteroatoms. The Hall–Kier alpha value is -2.69. The number of carbonyl (C=O) groups excluding carboxylic acids is 2. The average Bonchev–Trinajstić information content (AvgIpc) is 2.55. The van der Waals surface area contributed by atoms with Gasteiger partial charge < -0.3 is 11.1 Å². The van der Waals surface area contributed by atoms with Crippen LogP contribution in [-0.4, -0.2) is 22.8 Å². The number of pyridine rings is 1. The summed E-state index contributed by atoms with van der Waals surface area (Å²) < 4.78 is 0. The van der Waals surface area contributed by atoms with Gasteiger partial charge in [0.05, 0.1) is 5.56 Å². The average molecular weight is 297 g/mol. The molecule has 0 bridgehead atoms. The Balaban J connectivity index is 1.87. The fourth-order valence-electron chi connectivity index (χ4n) is 2.18. The first-order chi connectivity index (χ1) is 10.7. The first-order valence-electron chi connectivity index (χ1n) is 7.21. The first-order valence-corrected chi connectivity index (χ1v) is 7.21. The molecule has 0 saturated heterocycles. The Labute approximate surface area is 129 Å².